The molecule has 1 aromatic carbocycles. The van der Waals surface area contributed by atoms with Crippen LogP contribution in [0, 0.1) is 6.92 Å². The minimum Gasteiger partial charge on any atom is -0.384 e. The molecule has 0 unspecified atom stereocenters. The highest BCUT2D eigenvalue weighted by molar-refractivity contribution is 7.89. The average Bonchev–Trinajstić information content (AvgIpc) is 3.06. The van der Waals surface area contributed by atoms with E-state index in [9.17, 15) is 8.42 Å². The Bertz CT molecular complexity index is 753. The minimum absolute atomic E-state index is 0.334. The average molecular weight is 323 g/mol. The van der Waals surface area contributed by atoms with Crippen LogP contribution >= 0.6 is 11.3 Å². The topological polar surface area (TPSA) is 71.1 Å². The maximum absolute atomic E-state index is 12.3. The second-order valence-corrected chi connectivity index (χ2v) is 7.74. The Morgan fingerprint density at radius 2 is 2.29 bits per heavy atom. The maximum atomic E-state index is 12.3. The molecule has 112 valence electrons. The molecule has 0 aliphatic carbocycles. The van der Waals surface area contributed by atoms with Gasteiger partial charge in [-0.05, 0) is 37.1 Å². The summed E-state index contributed by atoms with van der Waals surface area (Å²) >= 11 is 1.56. The zero-order valence-corrected chi connectivity index (χ0v) is 13.4. The number of hydrogen-bond donors (Lipinski definition) is 2. The Morgan fingerprint density at radius 1 is 1.43 bits per heavy atom. The number of nitrogens with one attached hydrogen (secondary N) is 2. The van der Waals surface area contributed by atoms with Gasteiger partial charge in [-0.15, -0.1) is 11.3 Å². The second kappa shape index (κ2) is 5.75. The first-order valence-corrected chi connectivity index (χ1v) is 9.18. The van der Waals surface area contributed by atoms with E-state index >= 15 is 0 Å². The summed E-state index contributed by atoms with van der Waals surface area (Å²) in [6, 6.07) is 5.24. The fourth-order valence-electron chi connectivity index (χ4n) is 2.34. The molecular weight excluding hydrogens is 306 g/mol. The summed E-state index contributed by atoms with van der Waals surface area (Å²) in [5.74, 6) is 0. The summed E-state index contributed by atoms with van der Waals surface area (Å²) < 4.78 is 27.2. The molecule has 0 bridgehead atoms. The van der Waals surface area contributed by atoms with Crippen molar-refractivity contribution in [1.82, 2.24) is 9.71 Å². The monoisotopic (exact) mass is 323 g/mol. The van der Waals surface area contributed by atoms with Crippen molar-refractivity contribution in [2.45, 2.75) is 24.7 Å². The molecule has 1 aromatic heterocycles. The van der Waals surface area contributed by atoms with E-state index in [2.05, 4.69) is 15.0 Å². The van der Waals surface area contributed by atoms with E-state index < -0.39 is 10.0 Å². The highest BCUT2D eigenvalue weighted by Gasteiger charge is 2.17. The number of hydrogen-bond acceptors (Lipinski definition) is 5. The summed E-state index contributed by atoms with van der Waals surface area (Å²) in [5.41, 5.74) is 3.07. The van der Waals surface area contributed by atoms with E-state index in [-0.39, 0.29) is 0 Å². The van der Waals surface area contributed by atoms with E-state index in [1.54, 1.807) is 23.5 Å². The van der Waals surface area contributed by atoms with Crippen LogP contribution in [0.4, 0.5) is 5.69 Å². The first-order valence-electron chi connectivity index (χ1n) is 6.82. The van der Waals surface area contributed by atoms with Crippen LogP contribution in [0.15, 0.2) is 28.5 Å². The molecular formula is C14H17N3O2S2. The third-order valence-corrected chi connectivity index (χ3v) is 5.88. The first kappa shape index (κ1) is 14.5. The molecule has 0 amide bonds. The van der Waals surface area contributed by atoms with Gasteiger partial charge in [-0.25, -0.2) is 18.1 Å². The minimum atomic E-state index is -3.45. The van der Waals surface area contributed by atoms with Crippen molar-refractivity contribution in [3.63, 3.8) is 0 Å². The highest BCUT2D eigenvalue weighted by Crippen LogP contribution is 2.24. The zero-order chi connectivity index (χ0) is 14.9. The molecule has 2 aromatic rings. The van der Waals surface area contributed by atoms with Crippen molar-refractivity contribution in [2.75, 3.05) is 18.4 Å². The summed E-state index contributed by atoms with van der Waals surface area (Å²) in [6.45, 7) is 3.17. The molecule has 0 radical (unpaired) electrons. The Labute approximate surface area is 128 Å². The zero-order valence-electron chi connectivity index (χ0n) is 11.7. The van der Waals surface area contributed by atoms with Gasteiger partial charge in [0.25, 0.3) is 0 Å². The van der Waals surface area contributed by atoms with Crippen molar-refractivity contribution < 1.29 is 8.42 Å². The number of thiazole rings is 1. The van der Waals surface area contributed by atoms with E-state index in [4.69, 9.17) is 0 Å². The van der Waals surface area contributed by atoms with Gasteiger partial charge in [0, 0.05) is 36.3 Å². The molecule has 0 spiro atoms. The number of fused-ring (bicyclic) bond motifs is 1. The number of anilines is 1. The first-order chi connectivity index (χ1) is 10.0. The lowest BCUT2D eigenvalue weighted by molar-refractivity contribution is 0.581. The van der Waals surface area contributed by atoms with Crippen LogP contribution in [-0.4, -0.2) is 26.5 Å². The van der Waals surface area contributed by atoms with Crippen molar-refractivity contribution >= 4 is 27.0 Å². The predicted octanol–water partition coefficient (Wildman–Crippen LogP) is 1.94. The smallest absolute Gasteiger partial charge is 0.240 e. The molecule has 0 fully saturated rings. The standard InChI is InChI=1S/C14H17N3O2S2/c1-10-9-20-14(17-10)5-7-16-21(18,19)12-2-3-13-11(8-12)4-6-15-13/h2-3,8-9,15-16H,4-7H2,1H3. The quantitative estimate of drug-likeness (QED) is 0.882. The van der Waals surface area contributed by atoms with Gasteiger partial charge in [0.1, 0.15) is 0 Å². The van der Waals surface area contributed by atoms with Gasteiger partial charge < -0.3 is 5.32 Å². The van der Waals surface area contributed by atoms with Crippen molar-refractivity contribution in [1.29, 1.82) is 0 Å². The molecule has 3 rings (SSSR count). The Hall–Kier alpha value is -1.44. The lowest BCUT2D eigenvalue weighted by Crippen LogP contribution is -2.26. The molecule has 1 aliphatic rings. The largest absolute Gasteiger partial charge is 0.384 e. The number of rotatable bonds is 5. The fraction of sp³-hybridized carbons (Fsp3) is 0.357. The van der Waals surface area contributed by atoms with Gasteiger partial charge in [-0.1, -0.05) is 0 Å². The van der Waals surface area contributed by atoms with Crippen LogP contribution in [-0.2, 0) is 22.9 Å². The molecule has 5 nitrogen and oxygen atoms in total. The molecule has 2 heterocycles. The fourth-order valence-corrected chi connectivity index (χ4v) is 4.20. The van der Waals surface area contributed by atoms with Crippen molar-refractivity contribution in [3.8, 4) is 0 Å². The maximum Gasteiger partial charge on any atom is 0.240 e. The van der Waals surface area contributed by atoms with Gasteiger partial charge in [0.15, 0.2) is 0 Å². The Balaban J connectivity index is 1.66. The molecule has 1 aliphatic heterocycles. The van der Waals surface area contributed by atoms with E-state index in [1.807, 2.05) is 18.4 Å². The van der Waals surface area contributed by atoms with Crippen LogP contribution < -0.4 is 10.0 Å². The molecule has 0 saturated carbocycles. The van der Waals surface area contributed by atoms with Crippen molar-refractivity contribution in [2.24, 2.45) is 0 Å². The SMILES string of the molecule is Cc1csc(CCNS(=O)(=O)c2ccc3c(c2)CCN3)n1. The van der Waals surface area contributed by atoms with Crippen LogP contribution in [0.25, 0.3) is 0 Å². The second-order valence-electron chi connectivity index (χ2n) is 5.03. The number of sulfonamides is 1. The van der Waals surface area contributed by atoms with Gasteiger partial charge in [-0.3, -0.25) is 0 Å². The predicted molar refractivity (Wildman–Crippen MR) is 84.4 cm³/mol. The van der Waals surface area contributed by atoms with Gasteiger partial charge in [0.05, 0.1) is 9.90 Å². The number of benzene rings is 1. The number of aryl methyl sites for hydroxylation is 1. The lowest BCUT2D eigenvalue weighted by atomic mass is 10.2. The molecule has 7 heteroatoms. The molecule has 0 atom stereocenters. The Morgan fingerprint density at radius 3 is 3.05 bits per heavy atom. The Kier molecular flexibility index (Phi) is 3.97. The van der Waals surface area contributed by atoms with Crippen LogP contribution in [0.5, 0.6) is 0 Å². The van der Waals surface area contributed by atoms with Gasteiger partial charge >= 0.3 is 0 Å². The van der Waals surface area contributed by atoms with Crippen LogP contribution in [0.3, 0.4) is 0 Å². The van der Waals surface area contributed by atoms with Crippen molar-refractivity contribution in [3.05, 3.63) is 39.8 Å². The summed E-state index contributed by atoms with van der Waals surface area (Å²) in [4.78, 5) is 4.66. The molecule has 21 heavy (non-hydrogen) atoms. The molecule has 0 saturated heterocycles. The number of aromatic nitrogens is 1. The number of nitrogens with zero attached hydrogens (tertiary/aromatic N) is 1. The summed E-state index contributed by atoms with van der Waals surface area (Å²) in [5, 5.41) is 6.15. The third-order valence-electron chi connectivity index (χ3n) is 3.39. The van der Waals surface area contributed by atoms with Crippen LogP contribution in [0.2, 0.25) is 0 Å². The normalized spacial score (nSPS) is 14.0. The van der Waals surface area contributed by atoms with Gasteiger partial charge in [-0.2, -0.15) is 0 Å². The van der Waals surface area contributed by atoms with E-state index in [0.29, 0.717) is 17.9 Å². The summed E-state index contributed by atoms with van der Waals surface area (Å²) in [7, 11) is -3.45. The van der Waals surface area contributed by atoms with E-state index in [1.165, 1.54) is 0 Å². The summed E-state index contributed by atoms with van der Waals surface area (Å²) in [6.07, 6.45) is 1.49. The lowest BCUT2D eigenvalue weighted by Gasteiger charge is -2.07. The van der Waals surface area contributed by atoms with E-state index in [0.717, 1.165) is 34.9 Å². The molecule has 2 N–H and O–H groups in total. The van der Waals surface area contributed by atoms with Gasteiger partial charge in [0.2, 0.25) is 10.0 Å². The van der Waals surface area contributed by atoms with Crippen LogP contribution in [0.1, 0.15) is 16.3 Å². The third kappa shape index (κ3) is 3.25. The highest BCUT2D eigenvalue weighted by atomic mass is 32.2.